The molecule has 1 saturated carbocycles. The summed E-state index contributed by atoms with van der Waals surface area (Å²) in [5.74, 6) is 0.375. The number of carbonyl (C=O) groups excluding carboxylic acids is 3. The van der Waals surface area contributed by atoms with E-state index in [1.807, 2.05) is 12.1 Å². The Balaban J connectivity index is 1.24. The molecule has 9 nitrogen and oxygen atoms in total. The van der Waals surface area contributed by atoms with Crippen molar-refractivity contribution < 1.29 is 22.8 Å². The number of nitrogens with zero attached hydrogens (tertiary/aromatic N) is 1. The van der Waals surface area contributed by atoms with Gasteiger partial charge in [-0.2, -0.15) is 0 Å². The molecule has 2 aliphatic rings. The number of urea groups is 2. The van der Waals surface area contributed by atoms with Crippen LogP contribution in [0.1, 0.15) is 60.5 Å². The molecule has 2 aromatic rings. The number of carbonyl (C=O) groups is 3. The number of nitrogens with one attached hydrogen (secondary N) is 3. The fourth-order valence-corrected chi connectivity index (χ4v) is 5.89. The van der Waals surface area contributed by atoms with Crippen LogP contribution in [-0.2, 0) is 22.9 Å². The average Bonchev–Trinajstić information content (AvgIpc) is 2.89. The summed E-state index contributed by atoms with van der Waals surface area (Å²) in [6.45, 7) is 2.78. The van der Waals surface area contributed by atoms with Crippen LogP contribution >= 0.6 is 0 Å². The van der Waals surface area contributed by atoms with E-state index in [1.165, 1.54) is 17.0 Å². The minimum Gasteiger partial charge on any atom is -0.337 e. The summed E-state index contributed by atoms with van der Waals surface area (Å²) in [6, 6.07) is 12.3. The molecule has 198 valence electrons. The van der Waals surface area contributed by atoms with E-state index in [1.54, 1.807) is 24.3 Å². The Bertz CT molecular complexity index is 1240. The largest absolute Gasteiger partial charge is 0.337 e. The third-order valence-electron chi connectivity index (χ3n) is 7.25. The number of imide groups is 1. The maximum Gasteiger partial charge on any atom is 0.328 e. The Morgan fingerprint density at radius 1 is 1.00 bits per heavy atom. The predicted octanol–water partition coefficient (Wildman–Crippen LogP) is 3.59. The van der Waals surface area contributed by atoms with Crippen molar-refractivity contribution >= 4 is 28.0 Å². The molecular weight excluding hydrogens is 492 g/mol. The lowest BCUT2D eigenvalue weighted by Gasteiger charge is -2.28. The summed E-state index contributed by atoms with van der Waals surface area (Å²) in [7, 11) is -4.00. The van der Waals surface area contributed by atoms with Crippen molar-refractivity contribution in [3.63, 3.8) is 0 Å². The first-order chi connectivity index (χ1) is 17.8. The van der Waals surface area contributed by atoms with Crippen LogP contribution in [0.5, 0.6) is 0 Å². The number of hydrogen-bond acceptors (Lipinski definition) is 5. The normalized spacial score (nSPS) is 19.6. The highest BCUT2D eigenvalue weighted by Gasteiger charge is 2.28. The molecule has 0 spiro atoms. The monoisotopic (exact) mass is 526 g/mol. The van der Waals surface area contributed by atoms with Crippen LogP contribution in [0.15, 0.2) is 53.4 Å². The highest BCUT2D eigenvalue weighted by Crippen LogP contribution is 2.26. The van der Waals surface area contributed by atoms with Crippen molar-refractivity contribution in [2.75, 3.05) is 13.1 Å². The summed E-state index contributed by atoms with van der Waals surface area (Å²) < 4.78 is 27.3. The van der Waals surface area contributed by atoms with Gasteiger partial charge in [0.2, 0.25) is 0 Å². The second-order valence-electron chi connectivity index (χ2n) is 9.69. The average molecular weight is 527 g/mol. The fraction of sp³-hybridized carbons (Fsp3) is 0.444. The summed E-state index contributed by atoms with van der Waals surface area (Å²) in [5, 5.41) is 5.54. The third kappa shape index (κ3) is 6.68. The summed E-state index contributed by atoms with van der Waals surface area (Å²) >= 11 is 0. The molecule has 0 atom stereocenters. The molecule has 0 radical (unpaired) electrons. The first-order valence-electron chi connectivity index (χ1n) is 12.9. The molecule has 0 aromatic heterocycles. The molecule has 1 fully saturated rings. The van der Waals surface area contributed by atoms with Gasteiger partial charge in [0.15, 0.2) is 0 Å². The standard InChI is InChI=1S/C27H34N4O5S/c1-2-19-7-11-22(12-8-19)29-26(33)30-37(35,36)23-13-9-20(10-14-23)15-17-28-27(34)31-18-16-21-5-3-4-6-24(21)25(31)32/h3-6,9-10,13-14,19,22H,2,7-8,11-12,15-18H2,1H3,(H,28,34)(H2,29,30,33). The van der Waals surface area contributed by atoms with Crippen LogP contribution in [0.2, 0.25) is 0 Å². The van der Waals surface area contributed by atoms with E-state index >= 15 is 0 Å². The van der Waals surface area contributed by atoms with Crippen molar-refractivity contribution in [1.82, 2.24) is 20.3 Å². The maximum atomic E-state index is 12.6. The first kappa shape index (κ1) is 26.7. The lowest BCUT2D eigenvalue weighted by molar-refractivity contribution is 0.0787. The molecule has 0 unspecified atom stereocenters. The van der Waals surface area contributed by atoms with Gasteiger partial charge in [0.05, 0.1) is 4.90 Å². The lowest BCUT2D eigenvalue weighted by atomic mass is 9.85. The number of benzene rings is 2. The van der Waals surface area contributed by atoms with Crippen LogP contribution in [-0.4, -0.2) is 50.4 Å². The van der Waals surface area contributed by atoms with Crippen molar-refractivity contribution in [3.8, 4) is 0 Å². The molecule has 1 aliphatic carbocycles. The zero-order chi connectivity index (χ0) is 26.4. The van der Waals surface area contributed by atoms with E-state index in [-0.39, 0.29) is 23.4 Å². The van der Waals surface area contributed by atoms with E-state index in [4.69, 9.17) is 0 Å². The molecule has 0 saturated heterocycles. The van der Waals surface area contributed by atoms with Crippen molar-refractivity contribution in [1.29, 1.82) is 0 Å². The van der Waals surface area contributed by atoms with Crippen LogP contribution in [0.4, 0.5) is 9.59 Å². The van der Waals surface area contributed by atoms with Crippen LogP contribution < -0.4 is 15.4 Å². The molecule has 10 heteroatoms. The fourth-order valence-electron chi connectivity index (χ4n) is 4.98. The molecule has 2 aromatic carbocycles. The van der Waals surface area contributed by atoms with Gasteiger partial charge in [0.1, 0.15) is 0 Å². The Labute approximate surface area is 218 Å². The van der Waals surface area contributed by atoms with Gasteiger partial charge in [0.25, 0.3) is 15.9 Å². The number of amides is 5. The Morgan fingerprint density at radius 2 is 1.70 bits per heavy atom. The maximum absolute atomic E-state index is 12.6. The van der Waals surface area contributed by atoms with Gasteiger partial charge in [-0.25, -0.2) is 22.7 Å². The molecule has 1 aliphatic heterocycles. The zero-order valence-corrected chi connectivity index (χ0v) is 21.9. The minimum atomic E-state index is -4.00. The SMILES string of the molecule is CCC1CCC(NC(=O)NS(=O)(=O)c2ccc(CCNC(=O)N3CCc4ccccc4C3=O)cc2)CC1. The Hall–Kier alpha value is -3.40. The van der Waals surface area contributed by atoms with Gasteiger partial charge in [-0.3, -0.25) is 9.69 Å². The predicted molar refractivity (Wildman–Crippen MR) is 140 cm³/mol. The van der Waals surface area contributed by atoms with E-state index in [2.05, 4.69) is 22.3 Å². The lowest BCUT2D eigenvalue weighted by Crippen LogP contribution is -2.47. The van der Waals surface area contributed by atoms with E-state index < -0.39 is 22.1 Å². The first-order valence-corrected chi connectivity index (χ1v) is 14.3. The zero-order valence-electron chi connectivity index (χ0n) is 21.0. The van der Waals surface area contributed by atoms with Crippen LogP contribution in [0.3, 0.4) is 0 Å². The van der Waals surface area contributed by atoms with Gasteiger partial charge in [-0.15, -0.1) is 0 Å². The second-order valence-corrected chi connectivity index (χ2v) is 11.4. The third-order valence-corrected chi connectivity index (χ3v) is 8.60. The molecule has 37 heavy (non-hydrogen) atoms. The topological polar surface area (TPSA) is 125 Å². The molecule has 4 rings (SSSR count). The van der Waals surface area contributed by atoms with Crippen molar-refractivity contribution in [2.45, 2.75) is 62.8 Å². The highest BCUT2D eigenvalue weighted by molar-refractivity contribution is 7.90. The van der Waals surface area contributed by atoms with Crippen molar-refractivity contribution in [3.05, 3.63) is 65.2 Å². The Morgan fingerprint density at radius 3 is 2.41 bits per heavy atom. The molecule has 1 heterocycles. The molecule has 0 bridgehead atoms. The Kier molecular flexibility index (Phi) is 8.48. The number of hydrogen-bond donors (Lipinski definition) is 3. The number of fused-ring (bicyclic) bond motifs is 1. The van der Waals surface area contributed by atoms with Crippen molar-refractivity contribution in [2.24, 2.45) is 5.92 Å². The molecular formula is C27H34N4O5S. The molecule has 5 amide bonds. The van der Waals surface area contributed by atoms with Gasteiger partial charge in [0, 0.05) is 24.7 Å². The van der Waals surface area contributed by atoms with E-state index in [0.29, 0.717) is 30.9 Å². The minimum absolute atomic E-state index is 0.00874. The summed E-state index contributed by atoms with van der Waals surface area (Å²) in [6.07, 6.45) is 6.00. The second kappa shape index (κ2) is 11.8. The van der Waals surface area contributed by atoms with Gasteiger partial charge >= 0.3 is 12.1 Å². The van der Waals surface area contributed by atoms with Crippen LogP contribution in [0, 0.1) is 5.92 Å². The number of sulfonamides is 1. The summed E-state index contributed by atoms with van der Waals surface area (Å²) in [5.41, 5.74) is 2.30. The number of rotatable bonds is 7. The van der Waals surface area contributed by atoms with Gasteiger partial charge < -0.3 is 10.6 Å². The van der Waals surface area contributed by atoms with Gasteiger partial charge in [-0.05, 0) is 73.8 Å². The van der Waals surface area contributed by atoms with Crippen LogP contribution in [0.25, 0.3) is 0 Å². The molecule has 3 N–H and O–H groups in total. The highest BCUT2D eigenvalue weighted by atomic mass is 32.2. The quantitative estimate of drug-likeness (QED) is 0.509. The smallest absolute Gasteiger partial charge is 0.328 e. The van der Waals surface area contributed by atoms with E-state index in [9.17, 15) is 22.8 Å². The van der Waals surface area contributed by atoms with E-state index in [0.717, 1.165) is 43.2 Å². The summed E-state index contributed by atoms with van der Waals surface area (Å²) in [4.78, 5) is 38.6. The van der Waals surface area contributed by atoms with Gasteiger partial charge in [-0.1, -0.05) is 43.7 Å².